The molecule has 1 fully saturated rings. The van der Waals surface area contributed by atoms with Crippen LogP contribution in [0, 0.1) is 0 Å². The summed E-state index contributed by atoms with van der Waals surface area (Å²) in [5, 5.41) is 6.28. The highest BCUT2D eigenvalue weighted by molar-refractivity contribution is 5.90. The van der Waals surface area contributed by atoms with E-state index in [1.165, 1.54) is 0 Å². The lowest BCUT2D eigenvalue weighted by molar-refractivity contribution is -0.116. The van der Waals surface area contributed by atoms with Gasteiger partial charge in [0.2, 0.25) is 5.91 Å². The lowest BCUT2D eigenvalue weighted by atomic mass is 10.1. The molecule has 0 saturated carbocycles. The van der Waals surface area contributed by atoms with Crippen LogP contribution in [0.25, 0.3) is 0 Å². The molecule has 0 aliphatic carbocycles. The maximum absolute atomic E-state index is 12.1. The minimum Gasteiger partial charge on any atom is -0.337 e. The number of amides is 1. The third-order valence-corrected chi connectivity index (χ3v) is 4.08. The molecule has 2 aromatic rings. The van der Waals surface area contributed by atoms with Gasteiger partial charge in [0.25, 0.3) is 0 Å². The molecule has 7 nitrogen and oxygen atoms in total. The van der Waals surface area contributed by atoms with E-state index in [1.807, 2.05) is 36.1 Å². The lowest BCUT2D eigenvalue weighted by Gasteiger charge is -2.35. The second kappa shape index (κ2) is 8.77. The predicted octanol–water partition coefficient (Wildman–Crippen LogP) is 1.21. The first kappa shape index (κ1) is 18.4. The Balaban J connectivity index is 0.00000208. The summed E-state index contributed by atoms with van der Waals surface area (Å²) in [6.07, 6.45) is 7.57. The second-order valence-corrected chi connectivity index (χ2v) is 5.69. The van der Waals surface area contributed by atoms with Crippen molar-refractivity contribution < 1.29 is 4.79 Å². The van der Waals surface area contributed by atoms with Gasteiger partial charge < -0.3 is 15.2 Å². The predicted molar refractivity (Wildman–Crippen MR) is 95.1 cm³/mol. The molecule has 0 bridgehead atoms. The summed E-state index contributed by atoms with van der Waals surface area (Å²) in [6, 6.07) is 3.85. The first-order valence-electron chi connectivity index (χ1n) is 7.86. The van der Waals surface area contributed by atoms with Crippen LogP contribution in [0.2, 0.25) is 0 Å². The number of nitrogens with zero attached hydrogens (tertiary/aromatic N) is 4. The Morgan fingerprint density at radius 2 is 2.33 bits per heavy atom. The van der Waals surface area contributed by atoms with E-state index in [1.54, 1.807) is 12.4 Å². The van der Waals surface area contributed by atoms with Crippen molar-refractivity contribution in [2.45, 2.75) is 12.5 Å². The molecule has 24 heavy (non-hydrogen) atoms. The van der Waals surface area contributed by atoms with Crippen molar-refractivity contribution in [3.63, 3.8) is 0 Å². The number of hydrogen-bond acceptors (Lipinski definition) is 5. The zero-order valence-corrected chi connectivity index (χ0v) is 14.5. The van der Waals surface area contributed by atoms with E-state index in [0.717, 1.165) is 31.1 Å². The molecule has 2 N–H and O–H groups in total. The molecular formula is C16H23ClN6O. The average Bonchev–Trinajstić information content (AvgIpc) is 3.00. The Hall–Kier alpha value is -1.96. The Bertz CT molecular complexity index is 647. The molecule has 0 aromatic carbocycles. The summed E-state index contributed by atoms with van der Waals surface area (Å²) in [6.45, 7) is 3.42. The molecule has 3 rings (SSSR count). The molecule has 1 atom stereocenters. The summed E-state index contributed by atoms with van der Waals surface area (Å²) in [5.41, 5.74) is 0.735. The normalized spacial score (nSPS) is 18.0. The Morgan fingerprint density at radius 3 is 3.04 bits per heavy atom. The van der Waals surface area contributed by atoms with Crippen molar-refractivity contribution in [2.24, 2.45) is 7.05 Å². The summed E-state index contributed by atoms with van der Waals surface area (Å²) >= 11 is 0. The summed E-state index contributed by atoms with van der Waals surface area (Å²) < 4.78 is 2.04. The molecule has 1 amide bonds. The molecule has 130 valence electrons. The number of piperazine rings is 1. The smallest absolute Gasteiger partial charge is 0.225 e. The van der Waals surface area contributed by atoms with Crippen LogP contribution in [0.1, 0.15) is 18.3 Å². The van der Waals surface area contributed by atoms with E-state index in [9.17, 15) is 4.79 Å². The van der Waals surface area contributed by atoms with Crippen molar-refractivity contribution in [3.05, 3.63) is 42.7 Å². The van der Waals surface area contributed by atoms with E-state index in [2.05, 4.69) is 25.5 Å². The Kier molecular flexibility index (Phi) is 6.72. The van der Waals surface area contributed by atoms with Crippen molar-refractivity contribution >= 4 is 24.0 Å². The van der Waals surface area contributed by atoms with Gasteiger partial charge >= 0.3 is 0 Å². The van der Waals surface area contributed by atoms with Gasteiger partial charge in [0, 0.05) is 58.2 Å². The molecular weight excluding hydrogens is 328 g/mol. The molecule has 0 radical (unpaired) electrons. The van der Waals surface area contributed by atoms with Gasteiger partial charge in [0.05, 0.1) is 17.9 Å². The van der Waals surface area contributed by atoms with Gasteiger partial charge in [-0.25, -0.2) is 4.98 Å². The summed E-state index contributed by atoms with van der Waals surface area (Å²) in [4.78, 5) is 22.9. The number of imidazole rings is 1. The van der Waals surface area contributed by atoms with Gasteiger partial charge in [-0.15, -0.1) is 12.4 Å². The maximum atomic E-state index is 12.1. The lowest BCUT2D eigenvalue weighted by Crippen LogP contribution is -2.47. The van der Waals surface area contributed by atoms with E-state index in [4.69, 9.17) is 0 Å². The third kappa shape index (κ3) is 4.53. The quantitative estimate of drug-likeness (QED) is 0.848. The van der Waals surface area contributed by atoms with E-state index >= 15 is 0 Å². The van der Waals surface area contributed by atoms with Crippen molar-refractivity contribution in [2.75, 3.05) is 31.5 Å². The third-order valence-electron chi connectivity index (χ3n) is 4.08. The van der Waals surface area contributed by atoms with Crippen LogP contribution in [0.3, 0.4) is 0 Å². The molecule has 1 aliphatic rings. The van der Waals surface area contributed by atoms with Crippen LogP contribution in [-0.2, 0) is 11.8 Å². The first-order valence-corrected chi connectivity index (χ1v) is 7.86. The zero-order chi connectivity index (χ0) is 16.1. The van der Waals surface area contributed by atoms with Gasteiger partial charge in [-0.1, -0.05) is 0 Å². The van der Waals surface area contributed by atoms with Gasteiger partial charge in [0.1, 0.15) is 5.82 Å². The van der Waals surface area contributed by atoms with Crippen molar-refractivity contribution in [3.8, 4) is 0 Å². The number of aromatic nitrogens is 3. The minimum absolute atomic E-state index is 0. The van der Waals surface area contributed by atoms with Crippen LogP contribution in [0.4, 0.5) is 5.69 Å². The van der Waals surface area contributed by atoms with E-state index in [-0.39, 0.29) is 24.4 Å². The monoisotopic (exact) mass is 350 g/mol. The second-order valence-electron chi connectivity index (χ2n) is 5.69. The molecule has 3 heterocycles. The number of rotatable bonds is 5. The highest BCUT2D eigenvalue weighted by atomic mass is 35.5. The van der Waals surface area contributed by atoms with Crippen LogP contribution in [-0.4, -0.2) is 51.5 Å². The highest BCUT2D eigenvalue weighted by Crippen LogP contribution is 2.20. The van der Waals surface area contributed by atoms with Crippen LogP contribution < -0.4 is 10.6 Å². The SMILES string of the molecule is Cl.Cn1ccnc1C1CNCCN1CCC(=O)Nc1cccnc1. The van der Waals surface area contributed by atoms with Gasteiger partial charge in [0.15, 0.2) is 0 Å². The molecule has 0 spiro atoms. The number of pyridine rings is 1. The maximum Gasteiger partial charge on any atom is 0.225 e. The number of carbonyl (C=O) groups excluding carboxylic acids is 1. The Labute approximate surface area is 147 Å². The number of halogens is 1. The Morgan fingerprint density at radius 1 is 1.46 bits per heavy atom. The fourth-order valence-electron chi connectivity index (χ4n) is 2.87. The zero-order valence-electron chi connectivity index (χ0n) is 13.7. The number of anilines is 1. The van der Waals surface area contributed by atoms with E-state index < -0.39 is 0 Å². The van der Waals surface area contributed by atoms with Gasteiger partial charge in [-0.05, 0) is 12.1 Å². The summed E-state index contributed by atoms with van der Waals surface area (Å²) in [5.74, 6) is 1.04. The minimum atomic E-state index is 0. The molecule has 2 aromatic heterocycles. The van der Waals surface area contributed by atoms with Crippen molar-refractivity contribution in [1.82, 2.24) is 24.8 Å². The fourth-order valence-corrected chi connectivity index (χ4v) is 2.87. The average molecular weight is 351 g/mol. The van der Waals surface area contributed by atoms with Crippen LogP contribution in [0.5, 0.6) is 0 Å². The molecule has 1 aliphatic heterocycles. The van der Waals surface area contributed by atoms with Gasteiger partial charge in [-0.2, -0.15) is 0 Å². The number of aryl methyl sites for hydroxylation is 1. The van der Waals surface area contributed by atoms with Crippen molar-refractivity contribution in [1.29, 1.82) is 0 Å². The number of carbonyl (C=O) groups is 1. The first-order chi connectivity index (χ1) is 11.2. The molecule has 1 saturated heterocycles. The number of hydrogen-bond donors (Lipinski definition) is 2. The highest BCUT2D eigenvalue weighted by Gasteiger charge is 2.26. The summed E-state index contributed by atoms with van der Waals surface area (Å²) in [7, 11) is 2.00. The van der Waals surface area contributed by atoms with Gasteiger partial charge in [-0.3, -0.25) is 14.7 Å². The molecule has 8 heteroatoms. The molecule has 1 unspecified atom stereocenters. The van der Waals surface area contributed by atoms with Crippen LogP contribution in [0.15, 0.2) is 36.9 Å². The topological polar surface area (TPSA) is 75.1 Å². The fraction of sp³-hybridized carbons (Fsp3) is 0.438. The van der Waals surface area contributed by atoms with Crippen LogP contribution >= 0.6 is 12.4 Å². The largest absolute Gasteiger partial charge is 0.337 e. The van der Waals surface area contributed by atoms with E-state index in [0.29, 0.717) is 13.0 Å². The number of nitrogens with one attached hydrogen (secondary N) is 2. The standard InChI is InChI=1S/C16H22N6O.ClH/c1-21-9-7-19-16(21)14-12-18-6-10-22(14)8-4-15(23)20-13-3-2-5-17-11-13;/h2-3,5,7,9,11,14,18H,4,6,8,10,12H2,1H3,(H,20,23);1H.